The maximum Gasteiger partial charge on any atom is 0.199 e. The number of nitrogens with one attached hydrogen (secondary N) is 1. The lowest BCUT2D eigenvalue weighted by Gasteiger charge is -2.26. The van der Waals surface area contributed by atoms with Gasteiger partial charge in [-0.25, -0.2) is 0 Å². The molecule has 0 atom stereocenters. The fourth-order valence-corrected chi connectivity index (χ4v) is 3.72. The van der Waals surface area contributed by atoms with E-state index in [1.807, 2.05) is 42.6 Å². The Balaban J connectivity index is 0.00000205. The first-order valence-corrected chi connectivity index (χ1v) is 9.42. The molecule has 0 unspecified atom stereocenters. The number of aromatic amines is 1. The van der Waals surface area contributed by atoms with Crippen LogP contribution in [0.3, 0.4) is 0 Å². The number of H-pyrrole nitrogens is 1. The number of nitrogens with zero attached hydrogens (tertiary/aromatic N) is 2. The number of hydrogen-bond donors (Lipinski definition) is 2. The van der Waals surface area contributed by atoms with Crippen LogP contribution in [-0.2, 0) is 11.3 Å². The summed E-state index contributed by atoms with van der Waals surface area (Å²) in [6.45, 7) is 4.32. The SMILES string of the molecule is Cl.Oc1[nH]c2ccc(-c3ccco3)cc2c1-c1ccc(CN2CCOCC2)cn1. The van der Waals surface area contributed by atoms with Gasteiger partial charge >= 0.3 is 0 Å². The Morgan fingerprint density at radius 1 is 1.10 bits per heavy atom. The highest BCUT2D eigenvalue weighted by Crippen LogP contribution is 2.37. The van der Waals surface area contributed by atoms with Crippen molar-refractivity contribution in [1.29, 1.82) is 0 Å². The molecule has 0 radical (unpaired) electrons. The van der Waals surface area contributed by atoms with E-state index < -0.39 is 0 Å². The molecule has 4 aromatic rings. The Hall–Kier alpha value is -2.80. The second kappa shape index (κ2) is 8.29. The molecule has 0 aliphatic carbocycles. The minimum atomic E-state index is 0. The van der Waals surface area contributed by atoms with E-state index in [4.69, 9.17) is 9.15 Å². The molecule has 4 heterocycles. The number of pyridine rings is 1. The van der Waals surface area contributed by atoms with Crippen molar-refractivity contribution in [3.8, 4) is 28.5 Å². The van der Waals surface area contributed by atoms with Gasteiger partial charge in [-0.1, -0.05) is 6.07 Å². The van der Waals surface area contributed by atoms with Crippen molar-refractivity contribution in [2.45, 2.75) is 6.54 Å². The summed E-state index contributed by atoms with van der Waals surface area (Å²) < 4.78 is 10.9. The second-order valence-electron chi connectivity index (χ2n) is 7.03. The average Bonchev–Trinajstić information content (AvgIpc) is 3.36. The van der Waals surface area contributed by atoms with Gasteiger partial charge in [0.25, 0.3) is 0 Å². The van der Waals surface area contributed by atoms with Gasteiger partial charge in [-0.15, -0.1) is 12.4 Å². The Kier molecular flexibility index (Phi) is 5.58. The average molecular weight is 412 g/mol. The van der Waals surface area contributed by atoms with Crippen LogP contribution < -0.4 is 0 Å². The number of aromatic nitrogens is 2. The summed E-state index contributed by atoms with van der Waals surface area (Å²) in [5.41, 5.74) is 4.43. The van der Waals surface area contributed by atoms with Crippen LogP contribution in [0.15, 0.2) is 59.3 Å². The van der Waals surface area contributed by atoms with Crippen LogP contribution in [0, 0.1) is 0 Å². The first-order chi connectivity index (χ1) is 13.8. The third-order valence-electron chi connectivity index (χ3n) is 5.18. The number of aromatic hydroxyl groups is 1. The molecular formula is C22H22ClN3O3. The quantitative estimate of drug-likeness (QED) is 0.519. The number of fused-ring (bicyclic) bond motifs is 1. The molecule has 2 N–H and O–H groups in total. The van der Waals surface area contributed by atoms with E-state index >= 15 is 0 Å². The summed E-state index contributed by atoms with van der Waals surface area (Å²) in [6, 6.07) is 13.8. The van der Waals surface area contributed by atoms with Gasteiger partial charge in [0.15, 0.2) is 5.88 Å². The standard InChI is InChI=1S/C22H21N3O3.ClH/c26-22-21(17-12-16(4-6-18(17)24-22)20-2-1-9-28-20)19-5-3-15(13-23-19)14-25-7-10-27-11-8-25;/h1-6,9,12-13,24,26H,7-8,10-11,14H2;1H. The molecule has 1 aliphatic rings. The highest BCUT2D eigenvalue weighted by molar-refractivity contribution is 5.99. The molecule has 150 valence electrons. The van der Waals surface area contributed by atoms with E-state index in [9.17, 15) is 5.11 Å². The number of furan rings is 1. The molecule has 1 aromatic carbocycles. The smallest absolute Gasteiger partial charge is 0.199 e. The number of ether oxygens (including phenoxy) is 1. The number of halogens is 1. The number of benzene rings is 1. The molecule has 0 spiro atoms. The van der Waals surface area contributed by atoms with Crippen molar-refractivity contribution in [2.75, 3.05) is 26.3 Å². The number of rotatable bonds is 4. The van der Waals surface area contributed by atoms with Gasteiger partial charge in [-0.2, -0.15) is 0 Å². The summed E-state index contributed by atoms with van der Waals surface area (Å²) in [7, 11) is 0. The molecule has 1 aliphatic heterocycles. The molecule has 3 aromatic heterocycles. The van der Waals surface area contributed by atoms with Crippen molar-refractivity contribution in [2.24, 2.45) is 0 Å². The third-order valence-corrected chi connectivity index (χ3v) is 5.18. The van der Waals surface area contributed by atoms with Crippen LogP contribution in [-0.4, -0.2) is 46.3 Å². The van der Waals surface area contributed by atoms with Crippen molar-refractivity contribution >= 4 is 23.3 Å². The molecule has 0 saturated carbocycles. The molecule has 0 amide bonds. The van der Waals surface area contributed by atoms with E-state index in [0.29, 0.717) is 5.56 Å². The van der Waals surface area contributed by atoms with Gasteiger partial charge < -0.3 is 19.2 Å². The van der Waals surface area contributed by atoms with Crippen molar-refractivity contribution in [1.82, 2.24) is 14.9 Å². The van der Waals surface area contributed by atoms with Gasteiger partial charge in [-0.3, -0.25) is 9.88 Å². The second-order valence-corrected chi connectivity index (χ2v) is 7.03. The molecule has 1 saturated heterocycles. The molecule has 0 bridgehead atoms. The fourth-order valence-electron chi connectivity index (χ4n) is 3.72. The summed E-state index contributed by atoms with van der Waals surface area (Å²) in [4.78, 5) is 10.0. The Morgan fingerprint density at radius 3 is 2.69 bits per heavy atom. The minimum Gasteiger partial charge on any atom is -0.494 e. The van der Waals surface area contributed by atoms with E-state index in [1.54, 1.807) is 6.26 Å². The Bertz CT molecular complexity index is 1080. The van der Waals surface area contributed by atoms with Crippen LogP contribution in [0.25, 0.3) is 33.5 Å². The summed E-state index contributed by atoms with van der Waals surface area (Å²) in [6.07, 6.45) is 3.54. The highest BCUT2D eigenvalue weighted by Gasteiger charge is 2.16. The molecule has 6 nitrogen and oxygen atoms in total. The van der Waals surface area contributed by atoms with Crippen molar-refractivity contribution in [3.05, 3.63) is 60.5 Å². The maximum absolute atomic E-state index is 10.5. The van der Waals surface area contributed by atoms with E-state index in [0.717, 1.165) is 66.3 Å². The number of hydrogen-bond acceptors (Lipinski definition) is 5. The topological polar surface area (TPSA) is 74.5 Å². The first kappa shape index (κ1) is 19.5. The lowest BCUT2D eigenvalue weighted by atomic mass is 10.0. The van der Waals surface area contributed by atoms with E-state index in [-0.39, 0.29) is 18.3 Å². The minimum absolute atomic E-state index is 0. The van der Waals surface area contributed by atoms with Crippen LogP contribution in [0.4, 0.5) is 0 Å². The summed E-state index contributed by atoms with van der Waals surface area (Å²) in [5.74, 6) is 0.919. The first-order valence-electron chi connectivity index (χ1n) is 9.42. The maximum atomic E-state index is 10.5. The van der Waals surface area contributed by atoms with Crippen LogP contribution in [0.5, 0.6) is 5.88 Å². The third kappa shape index (κ3) is 3.87. The monoisotopic (exact) mass is 411 g/mol. The van der Waals surface area contributed by atoms with E-state index in [2.05, 4.69) is 20.9 Å². The zero-order valence-electron chi connectivity index (χ0n) is 15.8. The van der Waals surface area contributed by atoms with E-state index in [1.165, 1.54) is 0 Å². The summed E-state index contributed by atoms with van der Waals surface area (Å²) in [5, 5.41) is 11.4. The lowest BCUT2D eigenvalue weighted by molar-refractivity contribution is 0.0341. The molecular weight excluding hydrogens is 390 g/mol. The highest BCUT2D eigenvalue weighted by atomic mass is 35.5. The zero-order chi connectivity index (χ0) is 18.9. The van der Waals surface area contributed by atoms with Gasteiger partial charge in [0.2, 0.25) is 0 Å². The van der Waals surface area contributed by atoms with Gasteiger partial charge in [0.1, 0.15) is 5.76 Å². The van der Waals surface area contributed by atoms with Gasteiger partial charge in [0.05, 0.1) is 30.7 Å². The normalized spacial score (nSPS) is 14.8. The molecule has 1 fully saturated rings. The number of morpholine rings is 1. The predicted octanol–water partition coefficient (Wildman–Crippen LogP) is 4.45. The molecule has 7 heteroatoms. The molecule has 5 rings (SSSR count). The van der Waals surface area contributed by atoms with Crippen molar-refractivity contribution < 1.29 is 14.3 Å². The Labute approximate surface area is 174 Å². The zero-order valence-corrected chi connectivity index (χ0v) is 16.6. The van der Waals surface area contributed by atoms with Crippen LogP contribution in [0.2, 0.25) is 0 Å². The van der Waals surface area contributed by atoms with Gasteiger partial charge in [-0.05, 0) is 42.0 Å². The predicted molar refractivity (Wildman–Crippen MR) is 114 cm³/mol. The largest absolute Gasteiger partial charge is 0.494 e. The van der Waals surface area contributed by atoms with Gasteiger partial charge in [0, 0.05) is 42.3 Å². The van der Waals surface area contributed by atoms with Crippen LogP contribution >= 0.6 is 12.4 Å². The van der Waals surface area contributed by atoms with Crippen LogP contribution in [0.1, 0.15) is 5.56 Å². The fraction of sp³-hybridized carbons (Fsp3) is 0.227. The Morgan fingerprint density at radius 2 is 1.97 bits per heavy atom. The summed E-state index contributed by atoms with van der Waals surface area (Å²) >= 11 is 0. The molecule has 29 heavy (non-hydrogen) atoms. The lowest BCUT2D eigenvalue weighted by Crippen LogP contribution is -2.35. The van der Waals surface area contributed by atoms with Crippen molar-refractivity contribution in [3.63, 3.8) is 0 Å².